The number of hydrogen-bond acceptors (Lipinski definition) is 4. The SMILES string of the molecule is Cc1c(-c2cc(F)c3c(c2C)/C(=C/c2cn[nH]c2)C(=O)C3)cnc2c1NCCC2. The van der Waals surface area contributed by atoms with Gasteiger partial charge in [0.1, 0.15) is 5.82 Å². The van der Waals surface area contributed by atoms with E-state index in [0.29, 0.717) is 16.7 Å². The summed E-state index contributed by atoms with van der Waals surface area (Å²) in [5.41, 5.74) is 8.30. The Hall–Kier alpha value is -3.28. The first kappa shape index (κ1) is 17.8. The summed E-state index contributed by atoms with van der Waals surface area (Å²) in [7, 11) is 0. The van der Waals surface area contributed by atoms with Crippen LogP contribution in [0.1, 0.15) is 39.9 Å². The summed E-state index contributed by atoms with van der Waals surface area (Å²) >= 11 is 0. The molecule has 0 saturated carbocycles. The third kappa shape index (κ3) is 2.78. The van der Waals surface area contributed by atoms with Crippen LogP contribution in [0.15, 0.2) is 24.7 Å². The van der Waals surface area contributed by atoms with Gasteiger partial charge >= 0.3 is 0 Å². The molecule has 5 nitrogen and oxygen atoms in total. The van der Waals surface area contributed by atoms with Gasteiger partial charge in [-0.2, -0.15) is 5.10 Å². The van der Waals surface area contributed by atoms with Crippen LogP contribution in [-0.2, 0) is 17.6 Å². The fourth-order valence-corrected chi connectivity index (χ4v) is 4.49. The van der Waals surface area contributed by atoms with Gasteiger partial charge in [0.2, 0.25) is 0 Å². The summed E-state index contributed by atoms with van der Waals surface area (Å²) in [5, 5.41) is 10.1. The molecule has 0 spiro atoms. The fraction of sp³-hybridized carbons (Fsp3) is 0.261. The predicted molar refractivity (Wildman–Crippen MR) is 111 cm³/mol. The van der Waals surface area contributed by atoms with Gasteiger partial charge in [0.05, 0.1) is 17.6 Å². The molecule has 146 valence electrons. The van der Waals surface area contributed by atoms with E-state index in [1.54, 1.807) is 24.5 Å². The van der Waals surface area contributed by atoms with Crippen LogP contribution in [0.25, 0.3) is 22.8 Å². The maximum Gasteiger partial charge on any atom is 0.168 e. The lowest BCUT2D eigenvalue weighted by Gasteiger charge is -2.22. The third-order valence-corrected chi connectivity index (χ3v) is 5.98. The highest BCUT2D eigenvalue weighted by Gasteiger charge is 2.31. The van der Waals surface area contributed by atoms with E-state index in [0.717, 1.165) is 58.6 Å². The summed E-state index contributed by atoms with van der Waals surface area (Å²) in [6.07, 6.45) is 9.10. The topological polar surface area (TPSA) is 70.7 Å². The van der Waals surface area contributed by atoms with Crippen molar-refractivity contribution in [3.63, 3.8) is 0 Å². The molecule has 2 N–H and O–H groups in total. The lowest BCUT2D eigenvalue weighted by atomic mass is 9.89. The summed E-state index contributed by atoms with van der Waals surface area (Å²) in [4.78, 5) is 17.3. The van der Waals surface area contributed by atoms with Crippen molar-refractivity contribution >= 4 is 23.1 Å². The Morgan fingerprint density at radius 1 is 1.17 bits per heavy atom. The summed E-state index contributed by atoms with van der Waals surface area (Å²) in [5.74, 6) is -0.406. The van der Waals surface area contributed by atoms with Crippen LogP contribution in [0.3, 0.4) is 0 Å². The molecule has 1 aliphatic heterocycles. The van der Waals surface area contributed by atoms with E-state index >= 15 is 4.39 Å². The number of halogens is 1. The molecule has 6 heteroatoms. The Morgan fingerprint density at radius 3 is 2.83 bits per heavy atom. The summed E-state index contributed by atoms with van der Waals surface area (Å²) in [6.45, 7) is 4.93. The molecule has 0 saturated heterocycles. The Bertz CT molecular complexity index is 1180. The van der Waals surface area contributed by atoms with Crippen LogP contribution >= 0.6 is 0 Å². The Labute approximate surface area is 168 Å². The number of benzene rings is 1. The minimum absolute atomic E-state index is 0.0673. The average molecular weight is 388 g/mol. The van der Waals surface area contributed by atoms with Crippen molar-refractivity contribution in [3.8, 4) is 11.1 Å². The second kappa shape index (κ2) is 6.65. The highest BCUT2D eigenvalue weighted by atomic mass is 19.1. The van der Waals surface area contributed by atoms with Crippen LogP contribution in [0, 0.1) is 19.7 Å². The van der Waals surface area contributed by atoms with E-state index in [4.69, 9.17) is 0 Å². The molecule has 3 aromatic rings. The maximum absolute atomic E-state index is 15.1. The number of aromatic nitrogens is 3. The summed E-state index contributed by atoms with van der Waals surface area (Å²) < 4.78 is 15.1. The lowest BCUT2D eigenvalue weighted by molar-refractivity contribution is -0.112. The minimum Gasteiger partial charge on any atom is -0.383 e. The van der Waals surface area contributed by atoms with Crippen LogP contribution in [0.4, 0.5) is 10.1 Å². The van der Waals surface area contributed by atoms with Gasteiger partial charge in [-0.25, -0.2) is 4.39 Å². The van der Waals surface area contributed by atoms with Gasteiger partial charge in [-0.1, -0.05) is 0 Å². The number of anilines is 1. The molecule has 0 atom stereocenters. The molecular formula is C23H21FN4O. The number of fused-ring (bicyclic) bond motifs is 2. The first-order valence-corrected chi connectivity index (χ1v) is 9.83. The number of rotatable bonds is 2. The molecule has 0 unspecified atom stereocenters. The second-order valence-corrected chi connectivity index (χ2v) is 7.72. The largest absolute Gasteiger partial charge is 0.383 e. The highest BCUT2D eigenvalue weighted by Crippen LogP contribution is 2.42. The number of nitrogens with zero attached hydrogens (tertiary/aromatic N) is 2. The number of Topliss-reactive ketones (excluding diaryl/α,β-unsaturated/α-hetero) is 1. The fourth-order valence-electron chi connectivity index (χ4n) is 4.49. The Morgan fingerprint density at radius 2 is 2.03 bits per heavy atom. The number of allylic oxidation sites excluding steroid dienone is 1. The van der Waals surface area contributed by atoms with Gasteiger partial charge in [0.15, 0.2) is 5.78 Å². The zero-order valence-corrected chi connectivity index (χ0v) is 16.4. The number of nitrogens with one attached hydrogen (secondary N) is 2. The van der Waals surface area contributed by atoms with Crippen LogP contribution < -0.4 is 5.32 Å². The number of pyridine rings is 1. The van der Waals surface area contributed by atoms with Gasteiger partial charge in [0, 0.05) is 47.6 Å². The standard InChI is InChI=1S/C23H21FN4O/c1-12-15(18-11-26-20-4-3-5-25-23(20)13(18)2)7-19(24)16-8-21(29)17(22(12)16)6-14-9-27-28-10-14/h6-7,9-11,25H,3-5,8H2,1-2H3,(H,27,28)/b17-6+. The molecule has 5 rings (SSSR count). The first-order valence-electron chi connectivity index (χ1n) is 9.83. The highest BCUT2D eigenvalue weighted by molar-refractivity contribution is 6.30. The molecule has 1 aliphatic carbocycles. The van der Waals surface area contributed by atoms with E-state index < -0.39 is 0 Å². The molecule has 29 heavy (non-hydrogen) atoms. The van der Waals surface area contributed by atoms with Crippen molar-refractivity contribution in [2.24, 2.45) is 0 Å². The van der Waals surface area contributed by atoms with Gasteiger partial charge in [-0.15, -0.1) is 0 Å². The zero-order chi connectivity index (χ0) is 20.1. The summed E-state index contributed by atoms with van der Waals surface area (Å²) in [6, 6.07) is 1.56. The van der Waals surface area contributed by atoms with E-state index in [-0.39, 0.29) is 18.0 Å². The molecule has 0 radical (unpaired) electrons. The number of carbonyl (C=O) groups is 1. The minimum atomic E-state index is -0.338. The smallest absolute Gasteiger partial charge is 0.168 e. The third-order valence-electron chi connectivity index (χ3n) is 5.98. The molecule has 3 heterocycles. The average Bonchev–Trinajstić information content (AvgIpc) is 3.35. The predicted octanol–water partition coefficient (Wildman–Crippen LogP) is 4.25. The van der Waals surface area contributed by atoms with Crippen molar-refractivity contribution in [3.05, 3.63) is 64.0 Å². The van der Waals surface area contributed by atoms with Gasteiger partial charge in [0.25, 0.3) is 0 Å². The molecule has 0 bridgehead atoms. The maximum atomic E-state index is 15.1. The second-order valence-electron chi connectivity index (χ2n) is 7.72. The van der Waals surface area contributed by atoms with Crippen molar-refractivity contribution in [2.45, 2.75) is 33.1 Å². The number of carbonyl (C=O) groups excluding carboxylic acids is 1. The van der Waals surface area contributed by atoms with Gasteiger partial charge < -0.3 is 5.32 Å². The number of aryl methyl sites for hydroxylation is 1. The number of H-pyrrole nitrogens is 1. The molecular weight excluding hydrogens is 367 g/mol. The van der Waals surface area contributed by atoms with E-state index in [2.05, 4.69) is 20.5 Å². The van der Waals surface area contributed by atoms with Crippen molar-refractivity contribution in [1.82, 2.24) is 15.2 Å². The quantitative estimate of drug-likeness (QED) is 0.644. The van der Waals surface area contributed by atoms with Crippen LogP contribution in [0.2, 0.25) is 0 Å². The van der Waals surface area contributed by atoms with Gasteiger partial charge in [-0.3, -0.25) is 14.9 Å². The van der Waals surface area contributed by atoms with Crippen molar-refractivity contribution in [1.29, 1.82) is 0 Å². The molecule has 1 aromatic carbocycles. The molecule has 0 fully saturated rings. The number of aromatic amines is 1. The Balaban J connectivity index is 1.71. The lowest BCUT2D eigenvalue weighted by Crippen LogP contribution is -2.15. The van der Waals surface area contributed by atoms with E-state index in [1.807, 2.05) is 20.0 Å². The van der Waals surface area contributed by atoms with Crippen molar-refractivity contribution < 1.29 is 9.18 Å². The molecule has 2 aromatic heterocycles. The molecule has 0 amide bonds. The van der Waals surface area contributed by atoms with E-state index in [9.17, 15) is 4.79 Å². The number of hydrogen-bond donors (Lipinski definition) is 2. The Kier molecular flexibility index (Phi) is 4.08. The zero-order valence-electron chi connectivity index (χ0n) is 16.4. The first-order chi connectivity index (χ1) is 14.0. The van der Waals surface area contributed by atoms with E-state index in [1.165, 1.54) is 0 Å². The normalized spacial score (nSPS) is 16.7. The number of ketones is 1. The van der Waals surface area contributed by atoms with Crippen LogP contribution in [-0.4, -0.2) is 27.5 Å². The van der Waals surface area contributed by atoms with Crippen LogP contribution in [0.5, 0.6) is 0 Å². The van der Waals surface area contributed by atoms with Gasteiger partial charge in [-0.05, 0) is 61.1 Å². The molecule has 2 aliphatic rings. The monoisotopic (exact) mass is 388 g/mol. The van der Waals surface area contributed by atoms with Crippen molar-refractivity contribution in [2.75, 3.05) is 11.9 Å².